The van der Waals surface area contributed by atoms with Crippen LogP contribution in [0.5, 0.6) is 0 Å². The number of rotatable bonds is 9. The summed E-state index contributed by atoms with van der Waals surface area (Å²) in [5, 5.41) is 20.5. The minimum atomic E-state index is -2.97. The Labute approximate surface area is 225 Å². The molecule has 1 saturated heterocycles. The van der Waals surface area contributed by atoms with Crippen molar-refractivity contribution >= 4 is 29.2 Å². The molecule has 1 aromatic carbocycles. The molecule has 0 N–H and O–H groups in total. The van der Waals surface area contributed by atoms with Gasteiger partial charge in [-0.1, -0.05) is 12.1 Å². The van der Waals surface area contributed by atoms with Crippen molar-refractivity contribution in [3.63, 3.8) is 0 Å². The van der Waals surface area contributed by atoms with Gasteiger partial charge in [0.25, 0.3) is 6.43 Å². The largest absolute Gasteiger partial charge is 0.494 e. The van der Waals surface area contributed by atoms with Crippen LogP contribution in [-0.4, -0.2) is 56.0 Å². The molecule has 0 bridgehead atoms. The number of hydrogen-bond donors (Lipinski definition) is 0. The van der Waals surface area contributed by atoms with E-state index >= 15 is 0 Å². The van der Waals surface area contributed by atoms with E-state index in [4.69, 9.17) is 14.0 Å². The second-order valence-corrected chi connectivity index (χ2v) is 11.5. The van der Waals surface area contributed by atoms with Gasteiger partial charge in [0.2, 0.25) is 5.69 Å². The minimum Gasteiger partial charge on any atom is -0.399 e. The van der Waals surface area contributed by atoms with Gasteiger partial charge in [0.1, 0.15) is 6.20 Å². The number of nitrogens with zero attached hydrogens (tertiary/aromatic N) is 5. The number of nitro groups is 1. The Morgan fingerprint density at radius 1 is 1.13 bits per heavy atom. The summed E-state index contributed by atoms with van der Waals surface area (Å²) in [6, 6.07) is 5.90. The summed E-state index contributed by atoms with van der Waals surface area (Å²) in [6.45, 7) is 9.87. The second kappa shape index (κ2) is 10.6. The monoisotopic (exact) mass is 545 g/mol. The summed E-state index contributed by atoms with van der Waals surface area (Å²) in [5.41, 5.74) is -0.326. The summed E-state index contributed by atoms with van der Waals surface area (Å²) in [4.78, 5) is 10.3. The average Bonchev–Trinajstić information content (AvgIpc) is 3.55. The molecule has 0 spiro atoms. The van der Waals surface area contributed by atoms with E-state index in [1.807, 2.05) is 50.7 Å². The van der Waals surface area contributed by atoms with Gasteiger partial charge in [0, 0.05) is 18.2 Å². The first-order chi connectivity index (χ1) is 18.4. The average molecular weight is 545 g/mol. The van der Waals surface area contributed by atoms with Gasteiger partial charge < -0.3 is 14.0 Å². The highest BCUT2D eigenvalue weighted by molar-refractivity contribution is 6.62. The van der Waals surface area contributed by atoms with Crippen molar-refractivity contribution < 1.29 is 27.7 Å². The van der Waals surface area contributed by atoms with Crippen LogP contribution in [0.3, 0.4) is 0 Å². The molecule has 0 amide bonds. The lowest BCUT2D eigenvalue weighted by molar-refractivity contribution is -0.386. The van der Waals surface area contributed by atoms with Crippen molar-refractivity contribution in [3.05, 3.63) is 46.4 Å². The fraction of sp³-hybridized carbons (Fsp3) is 0.615. The van der Waals surface area contributed by atoms with Crippen LogP contribution in [0.4, 0.5) is 14.5 Å². The van der Waals surface area contributed by atoms with E-state index in [-0.39, 0.29) is 6.04 Å². The van der Waals surface area contributed by atoms with E-state index < -0.39 is 41.1 Å². The van der Waals surface area contributed by atoms with Crippen LogP contribution in [0.15, 0.2) is 30.6 Å². The molecule has 39 heavy (non-hydrogen) atoms. The maximum Gasteiger partial charge on any atom is 0.494 e. The molecule has 2 fully saturated rings. The third-order valence-electron chi connectivity index (χ3n) is 8.25. The van der Waals surface area contributed by atoms with Crippen molar-refractivity contribution in [3.8, 4) is 0 Å². The molecule has 210 valence electrons. The second-order valence-electron chi connectivity index (χ2n) is 11.5. The number of fused-ring (bicyclic) bond motifs is 1. The number of aromatic nitrogens is 4. The Morgan fingerprint density at radius 3 is 2.44 bits per heavy atom. The molecule has 3 heterocycles. The summed E-state index contributed by atoms with van der Waals surface area (Å²) in [5.74, 6) is 0.348. The predicted octanol–water partition coefficient (Wildman–Crippen LogP) is 4.83. The first-order valence-electron chi connectivity index (χ1n) is 13.4. The molecule has 13 heteroatoms. The number of ether oxygens (including phenoxy) is 1. The Morgan fingerprint density at radius 2 is 1.82 bits per heavy atom. The van der Waals surface area contributed by atoms with Crippen LogP contribution in [0.25, 0.3) is 10.9 Å². The Kier molecular flexibility index (Phi) is 7.51. The minimum absolute atomic E-state index is 0.119. The molecule has 5 rings (SSSR count). The van der Waals surface area contributed by atoms with Gasteiger partial charge in [-0.25, -0.2) is 8.78 Å². The first kappa shape index (κ1) is 27.7. The van der Waals surface area contributed by atoms with E-state index in [9.17, 15) is 18.9 Å². The lowest BCUT2D eigenvalue weighted by Gasteiger charge is -2.32. The zero-order chi connectivity index (χ0) is 27.9. The third-order valence-corrected chi connectivity index (χ3v) is 8.25. The zero-order valence-corrected chi connectivity index (χ0v) is 22.7. The molecular formula is C26H34BF2N5O5. The standard InChI is InChI=1S/C26H34BF2N5O5/c1-25(2)26(3,4)39-27(38-25)19-7-10-21-18(13-19)14-32(30-21)11-12-37-16-17-5-8-20(9-6-17)33-15-22(34(35)36)23(31-33)24(28)29/h7,10,13-15,17,20,24H,5-6,8-9,11-12,16H2,1-4H3. The van der Waals surface area contributed by atoms with Crippen LogP contribution in [0.2, 0.25) is 0 Å². The Balaban J connectivity index is 1.09. The quantitative estimate of drug-likeness (QED) is 0.164. The normalized spacial score (nSPS) is 22.7. The van der Waals surface area contributed by atoms with Gasteiger partial charge in [-0.15, -0.1) is 0 Å². The maximum absolute atomic E-state index is 13.1. The number of benzene rings is 1. The number of alkyl halides is 2. The van der Waals surface area contributed by atoms with Crippen molar-refractivity contribution in [2.75, 3.05) is 13.2 Å². The van der Waals surface area contributed by atoms with Gasteiger partial charge in [0.05, 0.1) is 40.8 Å². The molecule has 0 radical (unpaired) electrons. The maximum atomic E-state index is 13.1. The highest BCUT2D eigenvalue weighted by Gasteiger charge is 2.51. The van der Waals surface area contributed by atoms with Crippen LogP contribution in [0, 0.1) is 16.0 Å². The number of halogens is 2. The van der Waals surface area contributed by atoms with Crippen LogP contribution < -0.4 is 5.46 Å². The Bertz CT molecular complexity index is 1320. The predicted molar refractivity (Wildman–Crippen MR) is 141 cm³/mol. The molecule has 1 aliphatic heterocycles. The van der Waals surface area contributed by atoms with E-state index in [1.54, 1.807) is 0 Å². The van der Waals surface area contributed by atoms with Crippen LogP contribution in [0.1, 0.15) is 71.5 Å². The molecule has 10 nitrogen and oxygen atoms in total. The highest BCUT2D eigenvalue weighted by Crippen LogP contribution is 2.37. The fourth-order valence-corrected chi connectivity index (χ4v) is 5.20. The Hall–Kier alpha value is -2.90. The molecule has 1 aliphatic carbocycles. The van der Waals surface area contributed by atoms with E-state index in [0.29, 0.717) is 38.5 Å². The SMILES string of the molecule is CC1(C)OB(c2ccc3nn(CCOCC4CCC(n5cc([N+](=O)[O-])c(C(F)F)n5)CC4)cc3c2)OC1(C)C. The summed E-state index contributed by atoms with van der Waals surface area (Å²) < 4.78 is 47.7. The van der Waals surface area contributed by atoms with E-state index in [2.05, 4.69) is 16.3 Å². The van der Waals surface area contributed by atoms with E-state index in [0.717, 1.165) is 35.4 Å². The molecule has 2 aromatic heterocycles. The van der Waals surface area contributed by atoms with Crippen molar-refractivity contribution in [2.45, 2.75) is 83.6 Å². The van der Waals surface area contributed by atoms with Gasteiger partial charge in [-0.05, 0) is 70.8 Å². The summed E-state index contributed by atoms with van der Waals surface area (Å²) in [7, 11) is -0.420. The molecular weight excluding hydrogens is 511 g/mol. The molecule has 0 atom stereocenters. The lowest BCUT2D eigenvalue weighted by atomic mass is 9.79. The molecule has 2 aliphatic rings. The molecule has 3 aromatic rings. The van der Waals surface area contributed by atoms with Gasteiger partial charge >= 0.3 is 12.8 Å². The lowest BCUT2D eigenvalue weighted by Crippen LogP contribution is -2.41. The van der Waals surface area contributed by atoms with Crippen LogP contribution in [-0.2, 0) is 20.6 Å². The third kappa shape index (κ3) is 5.71. The van der Waals surface area contributed by atoms with Gasteiger partial charge in [0.15, 0.2) is 0 Å². The van der Waals surface area contributed by atoms with Crippen LogP contribution >= 0.6 is 0 Å². The van der Waals surface area contributed by atoms with Crippen molar-refractivity contribution in [1.82, 2.24) is 19.6 Å². The first-order valence-corrected chi connectivity index (χ1v) is 13.4. The molecule has 1 saturated carbocycles. The fourth-order valence-electron chi connectivity index (χ4n) is 5.20. The number of hydrogen-bond acceptors (Lipinski definition) is 7. The zero-order valence-electron chi connectivity index (χ0n) is 22.7. The summed E-state index contributed by atoms with van der Waals surface area (Å²) >= 11 is 0. The van der Waals surface area contributed by atoms with Gasteiger partial charge in [-0.3, -0.25) is 19.5 Å². The van der Waals surface area contributed by atoms with Crippen molar-refractivity contribution in [2.24, 2.45) is 5.92 Å². The molecule has 0 unspecified atom stereocenters. The highest BCUT2D eigenvalue weighted by atomic mass is 19.3. The van der Waals surface area contributed by atoms with Gasteiger partial charge in [-0.2, -0.15) is 10.2 Å². The smallest absolute Gasteiger partial charge is 0.399 e. The van der Waals surface area contributed by atoms with Crippen molar-refractivity contribution in [1.29, 1.82) is 0 Å². The topological polar surface area (TPSA) is 106 Å². The van der Waals surface area contributed by atoms with E-state index in [1.165, 1.54) is 4.68 Å². The summed E-state index contributed by atoms with van der Waals surface area (Å²) in [6.07, 6.45) is 3.27.